The van der Waals surface area contributed by atoms with E-state index in [0.29, 0.717) is 19.1 Å². The standard InChI is InChI=1S/C22H44O3.C14H30O4/c1-6-10-12-13-14-15-17-21(18-16-20-23-19-11-7-2)22(5,24-8-3)25-9-4;1-6-7-8-9-10-11-12-13(15-2)14(16-3,17-4)18-5/h11,19,21H,6-10,12-18,20H2,1-5H3;13H,6-12H2,1-5H3. The lowest BCUT2D eigenvalue weighted by molar-refractivity contribution is -0.392. The lowest BCUT2D eigenvalue weighted by Crippen LogP contribution is -2.48. The van der Waals surface area contributed by atoms with Gasteiger partial charge in [0.15, 0.2) is 5.79 Å². The van der Waals surface area contributed by atoms with Crippen LogP contribution in [-0.4, -0.2) is 66.1 Å². The molecule has 0 fully saturated rings. The summed E-state index contributed by atoms with van der Waals surface area (Å²) in [5, 5.41) is 0. The highest BCUT2D eigenvalue weighted by Crippen LogP contribution is 2.32. The first kappa shape index (κ1) is 44.4. The Balaban J connectivity index is 0. The molecule has 0 amide bonds. The van der Waals surface area contributed by atoms with Crippen LogP contribution in [0.3, 0.4) is 0 Å². The van der Waals surface area contributed by atoms with Crippen LogP contribution in [0.25, 0.3) is 0 Å². The maximum atomic E-state index is 6.05. The number of methoxy groups -OCH3 is 4. The molecule has 260 valence electrons. The van der Waals surface area contributed by atoms with Crippen molar-refractivity contribution in [2.45, 2.75) is 169 Å². The molecule has 0 bridgehead atoms. The topological polar surface area (TPSA) is 64.6 Å². The largest absolute Gasteiger partial charge is 0.502 e. The average Bonchev–Trinajstić information content (AvgIpc) is 3.01. The van der Waals surface area contributed by atoms with Crippen molar-refractivity contribution in [3.63, 3.8) is 0 Å². The summed E-state index contributed by atoms with van der Waals surface area (Å²) in [7, 11) is 6.37. The molecule has 0 radical (unpaired) electrons. The fourth-order valence-corrected chi connectivity index (χ4v) is 5.53. The second-order valence-electron chi connectivity index (χ2n) is 11.4. The first-order valence-electron chi connectivity index (χ1n) is 17.6. The summed E-state index contributed by atoms with van der Waals surface area (Å²) in [4.78, 5) is 0. The van der Waals surface area contributed by atoms with E-state index in [2.05, 4.69) is 47.6 Å². The van der Waals surface area contributed by atoms with E-state index in [4.69, 9.17) is 33.2 Å². The van der Waals surface area contributed by atoms with Crippen LogP contribution in [0.15, 0.2) is 12.3 Å². The summed E-state index contributed by atoms with van der Waals surface area (Å²) >= 11 is 0. The molecule has 0 N–H and O–H groups in total. The van der Waals surface area contributed by atoms with Gasteiger partial charge in [-0.1, -0.05) is 104 Å². The predicted molar refractivity (Wildman–Crippen MR) is 180 cm³/mol. The number of ether oxygens (including phenoxy) is 7. The van der Waals surface area contributed by atoms with Gasteiger partial charge in [0.2, 0.25) is 0 Å². The van der Waals surface area contributed by atoms with Crippen LogP contribution in [-0.2, 0) is 33.2 Å². The Morgan fingerprint density at radius 3 is 1.49 bits per heavy atom. The SMILES string of the molecule is CCC=COCCCC(CCCCCCCC)C(C)(OCC)OCC.CCCCCCCCC(OC)C(OC)(OC)OC. The van der Waals surface area contributed by atoms with Crippen molar-refractivity contribution in [1.82, 2.24) is 0 Å². The third kappa shape index (κ3) is 21.6. The maximum absolute atomic E-state index is 6.05. The highest BCUT2D eigenvalue weighted by atomic mass is 16.9. The summed E-state index contributed by atoms with van der Waals surface area (Å²) in [5.74, 6) is -1.12. The van der Waals surface area contributed by atoms with Crippen LogP contribution in [0.1, 0.15) is 151 Å². The molecule has 2 atom stereocenters. The summed E-state index contributed by atoms with van der Waals surface area (Å²) in [6, 6.07) is 0. The van der Waals surface area contributed by atoms with E-state index in [9.17, 15) is 0 Å². The Morgan fingerprint density at radius 1 is 0.581 bits per heavy atom. The molecule has 0 aromatic carbocycles. The van der Waals surface area contributed by atoms with Crippen LogP contribution >= 0.6 is 0 Å². The monoisotopic (exact) mass is 619 g/mol. The fourth-order valence-electron chi connectivity index (χ4n) is 5.53. The Morgan fingerprint density at radius 2 is 1.05 bits per heavy atom. The highest BCUT2D eigenvalue weighted by molar-refractivity contribution is 4.77. The van der Waals surface area contributed by atoms with E-state index in [0.717, 1.165) is 38.7 Å². The van der Waals surface area contributed by atoms with Gasteiger partial charge in [-0.3, -0.25) is 0 Å². The van der Waals surface area contributed by atoms with Gasteiger partial charge in [0, 0.05) is 47.6 Å². The van der Waals surface area contributed by atoms with E-state index in [1.165, 1.54) is 77.0 Å². The second kappa shape index (κ2) is 31.3. The van der Waals surface area contributed by atoms with Crippen LogP contribution in [0, 0.1) is 5.92 Å². The zero-order valence-electron chi connectivity index (χ0n) is 30.3. The van der Waals surface area contributed by atoms with Gasteiger partial charge in [-0.25, -0.2) is 0 Å². The van der Waals surface area contributed by atoms with Crippen LogP contribution < -0.4 is 0 Å². The highest BCUT2D eigenvalue weighted by Gasteiger charge is 2.40. The number of hydrogen-bond donors (Lipinski definition) is 0. The molecule has 0 saturated carbocycles. The molecule has 2 unspecified atom stereocenters. The van der Waals surface area contributed by atoms with Gasteiger partial charge < -0.3 is 33.2 Å². The van der Waals surface area contributed by atoms with Crippen molar-refractivity contribution in [1.29, 1.82) is 0 Å². The van der Waals surface area contributed by atoms with Crippen molar-refractivity contribution in [2.75, 3.05) is 48.3 Å². The zero-order chi connectivity index (χ0) is 32.7. The molecule has 43 heavy (non-hydrogen) atoms. The third-order valence-electron chi connectivity index (χ3n) is 8.10. The minimum absolute atomic E-state index is 0.205. The van der Waals surface area contributed by atoms with Gasteiger partial charge in [0.25, 0.3) is 0 Å². The molecule has 0 saturated heterocycles. The minimum Gasteiger partial charge on any atom is -0.502 e. The first-order chi connectivity index (χ1) is 20.8. The summed E-state index contributed by atoms with van der Waals surface area (Å²) in [5.41, 5.74) is 0. The Bertz CT molecular complexity index is 566. The second-order valence-corrected chi connectivity index (χ2v) is 11.4. The number of allylic oxidation sites excluding steroid dienone is 1. The molecule has 0 aliphatic carbocycles. The Kier molecular flexibility index (Phi) is 32.3. The smallest absolute Gasteiger partial charge is 0.310 e. The number of hydrogen-bond acceptors (Lipinski definition) is 7. The van der Waals surface area contributed by atoms with E-state index in [1.54, 1.807) is 28.4 Å². The van der Waals surface area contributed by atoms with Crippen LogP contribution in [0.2, 0.25) is 0 Å². The lowest BCUT2D eigenvalue weighted by atomic mass is 9.88. The number of unbranched alkanes of at least 4 members (excludes halogenated alkanes) is 10. The molecular formula is C36H74O7. The molecule has 0 aliphatic heterocycles. The quantitative estimate of drug-likeness (QED) is 0.0451. The van der Waals surface area contributed by atoms with Crippen molar-refractivity contribution in [3.8, 4) is 0 Å². The summed E-state index contributed by atoms with van der Waals surface area (Å²) in [6.07, 6.45) is 24.4. The molecule has 0 heterocycles. The van der Waals surface area contributed by atoms with E-state index in [1.807, 2.05) is 6.26 Å². The molecular weight excluding hydrogens is 544 g/mol. The van der Waals surface area contributed by atoms with Crippen LogP contribution in [0.4, 0.5) is 0 Å². The number of rotatable bonds is 30. The van der Waals surface area contributed by atoms with Gasteiger partial charge in [0.1, 0.15) is 6.10 Å². The van der Waals surface area contributed by atoms with Crippen molar-refractivity contribution >= 4 is 0 Å². The first-order valence-corrected chi connectivity index (χ1v) is 17.6. The van der Waals surface area contributed by atoms with Gasteiger partial charge in [0.05, 0.1) is 12.9 Å². The molecule has 0 spiro atoms. The van der Waals surface area contributed by atoms with Gasteiger partial charge in [-0.2, -0.15) is 0 Å². The molecule has 7 heteroatoms. The van der Waals surface area contributed by atoms with Gasteiger partial charge >= 0.3 is 5.97 Å². The molecule has 0 aliphatic rings. The minimum atomic E-state index is -1.09. The zero-order valence-corrected chi connectivity index (χ0v) is 30.3. The van der Waals surface area contributed by atoms with Crippen molar-refractivity contribution in [3.05, 3.63) is 12.3 Å². The molecule has 0 aromatic heterocycles. The predicted octanol–water partition coefficient (Wildman–Crippen LogP) is 10.2. The Hall–Kier alpha value is -0.700. The fraction of sp³-hybridized carbons (Fsp3) is 0.944. The van der Waals surface area contributed by atoms with Crippen molar-refractivity contribution in [2.24, 2.45) is 5.92 Å². The van der Waals surface area contributed by atoms with E-state index in [-0.39, 0.29) is 6.10 Å². The third-order valence-corrected chi connectivity index (χ3v) is 8.10. The van der Waals surface area contributed by atoms with Gasteiger partial charge in [-0.15, -0.1) is 0 Å². The summed E-state index contributed by atoms with van der Waals surface area (Å²) in [6.45, 7) is 15.0. The lowest BCUT2D eigenvalue weighted by Gasteiger charge is -2.37. The molecule has 0 aromatic rings. The average molecular weight is 619 g/mol. The summed E-state index contributed by atoms with van der Waals surface area (Å²) < 4.78 is 39.0. The Labute approximate surface area is 268 Å². The van der Waals surface area contributed by atoms with E-state index < -0.39 is 11.8 Å². The molecule has 0 rings (SSSR count). The van der Waals surface area contributed by atoms with Gasteiger partial charge in [-0.05, 0) is 52.9 Å². The van der Waals surface area contributed by atoms with Crippen molar-refractivity contribution < 1.29 is 33.2 Å². The van der Waals surface area contributed by atoms with E-state index >= 15 is 0 Å². The molecule has 7 nitrogen and oxygen atoms in total. The maximum Gasteiger partial charge on any atom is 0.310 e. The normalized spacial score (nSPS) is 13.6. The van der Waals surface area contributed by atoms with Crippen LogP contribution in [0.5, 0.6) is 0 Å².